The van der Waals surface area contributed by atoms with E-state index in [1.807, 2.05) is 36.8 Å². The summed E-state index contributed by atoms with van der Waals surface area (Å²) in [4.78, 5) is 8.84. The van der Waals surface area contributed by atoms with Crippen molar-refractivity contribution in [3.05, 3.63) is 29.8 Å². The summed E-state index contributed by atoms with van der Waals surface area (Å²) >= 11 is 2.92. The molecule has 0 aliphatic carbocycles. The van der Waals surface area contributed by atoms with Crippen LogP contribution in [0.1, 0.15) is 5.56 Å². The third kappa shape index (κ3) is 2.89. The van der Waals surface area contributed by atoms with Gasteiger partial charge in [0.15, 0.2) is 5.16 Å². The molecule has 0 aliphatic rings. The molecule has 0 radical (unpaired) electrons. The highest BCUT2D eigenvalue weighted by molar-refractivity contribution is 7.99. The van der Waals surface area contributed by atoms with E-state index < -0.39 is 0 Å². The van der Waals surface area contributed by atoms with Crippen molar-refractivity contribution in [1.82, 2.24) is 9.97 Å². The minimum absolute atomic E-state index is 0.514. The molecule has 0 aliphatic heterocycles. The Hall–Kier alpha value is -1.71. The quantitative estimate of drug-likeness (QED) is 0.490. The van der Waals surface area contributed by atoms with Gasteiger partial charge in [0, 0.05) is 5.56 Å². The maximum absolute atomic E-state index is 9.38. The average molecular weight is 303 g/mol. The van der Waals surface area contributed by atoms with Crippen molar-refractivity contribution >= 4 is 23.5 Å². The summed E-state index contributed by atoms with van der Waals surface area (Å²) in [5.74, 6) is 0.775. The van der Waals surface area contributed by atoms with Gasteiger partial charge in [-0.1, -0.05) is 11.8 Å². The van der Waals surface area contributed by atoms with Gasteiger partial charge in [0.1, 0.15) is 22.4 Å². The number of ether oxygens (including phenoxy) is 1. The van der Waals surface area contributed by atoms with E-state index in [1.54, 1.807) is 7.11 Å². The van der Waals surface area contributed by atoms with Crippen LogP contribution in [0.4, 0.5) is 0 Å². The van der Waals surface area contributed by atoms with Crippen LogP contribution in [0.3, 0.4) is 0 Å². The van der Waals surface area contributed by atoms with Crippen molar-refractivity contribution in [2.75, 3.05) is 19.6 Å². The number of benzene rings is 1. The molecule has 4 nitrogen and oxygen atoms in total. The van der Waals surface area contributed by atoms with E-state index in [9.17, 15) is 5.26 Å². The highest BCUT2D eigenvalue weighted by Gasteiger charge is 2.15. The van der Waals surface area contributed by atoms with Crippen LogP contribution in [0.5, 0.6) is 5.75 Å². The third-order valence-corrected chi connectivity index (χ3v) is 3.94. The molecule has 1 aromatic heterocycles. The van der Waals surface area contributed by atoms with Gasteiger partial charge in [-0.05, 0) is 36.8 Å². The number of hydrogen-bond acceptors (Lipinski definition) is 6. The van der Waals surface area contributed by atoms with Crippen LogP contribution in [0, 0.1) is 11.3 Å². The summed E-state index contributed by atoms with van der Waals surface area (Å²) in [6, 6.07) is 9.72. The zero-order valence-electron chi connectivity index (χ0n) is 11.4. The van der Waals surface area contributed by atoms with Gasteiger partial charge >= 0.3 is 0 Å². The molecule has 0 atom stereocenters. The predicted molar refractivity (Wildman–Crippen MR) is 82.3 cm³/mol. The Balaban J connectivity index is 2.61. The topological polar surface area (TPSA) is 58.8 Å². The molecule has 0 N–H and O–H groups in total. The van der Waals surface area contributed by atoms with E-state index in [1.165, 1.54) is 23.5 Å². The zero-order valence-corrected chi connectivity index (χ0v) is 13.0. The lowest BCUT2D eigenvalue weighted by molar-refractivity contribution is 0.415. The SMILES string of the molecule is COc1ccc(-c2nc(SC)nc(SC)c2C#N)cc1. The summed E-state index contributed by atoms with van der Waals surface area (Å²) in [6.45, 7) is 0. The minimum Gasteiger partial charge on any atom is -0.497 e. The van der Waals surface area contributed by atoms with E-state index in [0.29, 0.717) is 21.4 Å². The monoisotopic (exact) mass is 303 g/mol. The van der Waals surface area contributed by atoms with Gasteiger partial charge in [0.25, 0.3) is 0 Å². The minimum atomic E-state index is 0.514. The van der Waals surface area contributed by atoms with E-state index >= 15 is 0 Å². The number of thioether (sulfide) groups is 2. The molecule has 2 rings (SSSR count). The van der Waals surface area contributed by atoms with E-state index in [2.05, 4.69) is 16.0 Å². The predicted octanol–water partition coefficient (Wildman–Crippen LogP) is 3.47. The Morgan fingerprint density at radius 3 is 2.30 bits per heavy atom. The Kier molecular flexibility index (Phi) is 4.88. The van der Waals surface area contributed by atoms with Gasteiger partial charge in [-0.25, -0.2) is 9.97 Å². The van der Waals surface area contributed by atoms with Gasteiger partial charge in [0.2, 0.25) is 0 Å². The summed E-state index contributed by atoms with van der Waals surface area (Å²) in [5, 5.41) is 10.8. The van der Waals surface area contributed by atoms with E-state index in [4.69, 9.17) is 4.74 Å². The maximum atomic E-state index is 9.38. The largest absolute Gasteiger partial charge is 0.497 e. The van der Waals surface area contributed by atoms with Crippen molar-refractivity contribution in [2.24, 2.45) is 0 Å². The number of aromatic nitrogens is 2. The summed E-state index contributed by atoms with van der Waals surface area (Å²) in [7, 11) is 1.62. The van der Waals surface area contributed by atoms with Crippen LogP contribution in [0.25, 0.3) is 11.3 Å². The first kappa shape index (κ1) is 14.7. The highest BCUT2D eigenvalue weighted by Crippen LogP contribution is 2.30. The first-order chi connectivity index (χ1) is 9.73. The van der Waals surface area contributed by atoms with Gasteiger partial charge < -0.3 is 4.74 Å². The average Bonchev–Trinajstić information content (AvgIpc) is 2.53. The molecular formula is C14H13N3OS2. The second kappa shape index (κ2) is 6.64. The van der Waals surface area contributed by atoms with Crippen LogP contribution in [-0.2, 0) is 0 Å². The second-order valence-electron chi connectivity index (χ2n) is 3.78. The van der Waals surface area contributed by atoms with Crippen LogP contribution in [0.15, 0.2) is 34.4 Å². The lowest BCUT2D eigenvalue weighted by Gasteiger charge is -2.09. The summed E-state index contributed by atoms with van der Waals surface area (Å²) in [5.41, 5.74) is 2.06. The van der Waals surface area contributed by atoms with Crippen molar-refractivity contribution in [1.29, 1.82) is 5.26 Å². The van der Waals surface area contributed by atoms with Gasteiger partial charge in [-0.2, -0.15) is 5.26 Å². The molecule has 1 aromatic carbocycles. The fourth-order valence-electron chi connectivity index (χ4n) is 1.72. The van der Waals surface area contributed by atoms with Crippen LogP contribution >= 0.6 is 23.5 Å². The number of rotatable bonds is 4. The molecule has 0 bridgehead atoms. The fraction of sp³-hybridized carbons (Fsp3) is 0.214. The molecule has 0 unspecified atom stereocenters. The number of hydrogen-bond donors (Lipinski definition) is 0. The normalized spacial score (nSPS) is 10.1. The Morgan fingerprint density at radius 2 is 1.80 bits per heavy atom. The molecule has 6 heteroatoms. The van der Waals surface area contributed by atoms with Crippen molar-refractivity contribution in [3.63, 3.8) is 0 Å². The smallest absolute Gasteiger partial charge is 0.188 e. The van der Waals surface area contributed by atoms with Crippen LogP contribution in [-0.4, -0.2) is 29.6 Å². The molecule has 20 heavy (non-hydrogen) atoms. The molecule has 0 spiro atoms. The summed E-state index contributed by atoms with van der Waals surface area (Å²) in [6.07, 6.45) is 3.83. The molecule has 102 valence electrons. The zero-order chi connectivity index (χ0) is 14.5. The van der Waals surface area contributed by atoms with Crippen LogP contribution in [0.2, 0.25) is 0 Å². The molecule has 0 saturated carbocycles. The Morgan fingerprint density at radius 1 is 1.10 bits per heavy atom. The standard InChI is InChI=1S/C14H13N3OS2/c1-18-10-6-4-9(5-7-10)12-11(8-15)13(19-2)17-14(16-12)20-3/h4-7H,1-3H3. The fourth-order valence-corrected chi connectivity index (χ4v) is 2.67. The summed E-state index contributed by atoms with van der Waals surface area (Å²) < 4.78 is 5.15. The number of nitriles is 1. The van der Waals surface area contributed by atoms with Gasteiger partial charge in [-0.3, -0.25) is 0 Å². The maximum Gasteiger partial charge on any atom is 0.188 e. The van der Waals surface area contributed by atoms with E-state index in [0.717, 1.165) is 11.3 Å². The Bertz CT molecular complexity index is 651. The lowest BCUT2D eigenvalue weighted by Crippen LogP contribution is -1.98. The molecule has 1 heterocycles. The van der Waals surface area contributed by atoms with Crippen molar-refractivity contribution in [3.8, 4) is 23.1 Å². The van der Waals surface area contributed by atoms with Crippen molar-refractivity contribution < 1.29 is 4.74 Å². The van der Waals surface area contributed by atoms with Crippen molar-refractivity contribution in [2.45, 2.75) is 10.2 Å². The second-order valence-corrected chi connectivity index (χ2v) is 5.35. The van der Waals surface area contributed by atoms with Gasteiger partial charge in [-0.15, -0.1) is 11.8 Å². The van der Waals surface area contributed by atoms with Crippen LogP contribution < -0.4 is 4.74 Å². The first-order valence-electron chi connectivity index (χ1n) is 5.78. The third-order valence-electron chi connectivity index (χ3n) is 2.71. The lowest BCUT2D eigenvalue weighted by atomic mass is 10.1. The number of methoxy groups -OCH3 is 1. The first-order valence-corrected chi connectivity index (χ1v) is 8.23. The highest BCUT2D eigenvalue weighted by atomic mass is 32.2. The molecule has 2 aromatic rings. The molecular weight excluding hydrogens is 290 g/mol. The number of nitrogens with zero attached hydrogens (tertiary/aromatic N) is 3. The molecule has 0 amide bonds. The van der Waals surface area contributed by atoms with Gasteiger partial charge in [0.05, 0.1) is 12.8 Å². The Labute approximate surface area is 126 Å². The van der Waals surface area contributed by atoms with E-state index in [-0.39, 0.29) is 0 Å². The molecule has 0 saturated heterocycles. The molecule has 0 fully saturated rings.